The van der Waals surface area contributed by atoms with Gasteiger partial charge in [-0.25, -0.2) is 4.79 Å². The number of rotatable bonds is 1. The van der Waals surface area contributed by atoms with Gasteiger partial charge in [-0.05, 0) is 6.92 Å². The van der Waals surface area contributed by atoms with E-state index in [4.69, 9.17) is 0 Å². The number of carbonyl (C=O) groups is 2. The maximum atomic E-state index is 11.2. The third-order valence-corrected chi connectivity index (χ3v) is 1.94. The van der Waals surface area contributed by atoms with Crippen LogP contribution in [0.25, 0.3) is 0 Å². The van der Waals surface area contributed by atoms with Gasteiger partial charge in [0.2, 0.25) is 0 Å². The molecule has 0 aromatic carbocycles. The summed E-state index contributed by atoms with van der Waals surface area (Å²) < 4.78 is 4.50. The van der Waals surface area contributed by atoms with E-state index in [1.165, 1.54) is 14.0 Å². The Labute approximate surface area is 70.5 Å². The van der Waals surface area contributed by atoms with Crippen molar-refractivity contribution in [3.05, 3.63) is 0 Å². The fourth-order valence-electron chi connectivity index (χ4n) is 1.11. The number of esters is 1. The molecule has 1 rings (SSSR count). The topological polar surface area (TPSA) is 67.4 Å². The second-order valence-corrected chi connectivity index (χ2v) is 2.80. The highest BCUT2D eigenvalue weighted by Gasteiger charge is 2.43. The number of ether oxygens (including phenoxy) is 1. The molecule has 0 aromatic heterocycles. The zero-order valence-corrected chi connectivity index (χ0v) is 7.14. The first-order chi connectivity index (χ1) is 5.61. The zero-order valence-electron chi connectivity index (χ0n) is 7.14. The maximum absolute atomic E-state index is 11.2. The van der Waals surface area contributed by atoms with Crippen LogP contribution in [0, 0.1) is 0 Å². The molecule has 1 saturated heterocycles. The average Bonchev–Trinajstić information content (AvgIpc) is 2.09. The molecule has 0 radical (unpaired) electrons. The van der Waals surface area contributed by atoms with Crippen molar-refractivity contribution in [2.45, 2.75) is 12.5 Å². The molecule has 1 aliphatic rings. The van der Waals surface area contributed by atoms with Crippen LogP contribution in [0.5, 0.6) is 0 Å². The lowest BCUT2D eigenvalue weighted by atomic mass is 10.00. The second-order valence-electron chi connectivity index (χ2n) is 2.80. The van der Waals surface area contributed by atoms with Crippen molar-refractivity contribution in [1.82, 2.24) is 10.6 Å². The van der Waals surface area contributed by atoms with E-state index in [-0.39, 0.29) is 5.91 Å². The zero-order chi connectivity index (χ0) is 9.19. The summed E-state index contributed by atoms with van der Waals surface area (Å²) in [5, 5.41) is 5.39. The number of piperazine rings is 1. The lowest BCUT2D eigenvalue weighted by Crippen LogP contribution is -2.65. The summed E-state index contributed by atoms with van der Waals surface area (Å²) in [5.41, 5.74) is -1.22. The van der Waals surface area contributed by atoms with Crippen LogP contribution >= 0.6 is 0 Å². The molecule has 1 amide bonds. The van der Waals surface area contributed by atoms with Crippen molar-refractivity contribution in [1.29, 1.82) is 0 Å². The predicted octanol–water partition coefficient (Wildman–Crippen LogP) is -1.36. The molecule has 1 fully saturated rings. The van der Waals surface area contributed by atoms with Crippen molar-refractivity contribution in [2.24, 2.45) is 0 Å². The van der Waals surface area contributed by atoms with Crippen molar-refractivity contribution in [2.75, 3.05) is 20.2 Å². The summed E-state index contributed by atoms with van der Waals surface area (Å²) >= 11 is 0. The SMILES string of the molecule is COC(=O)C1(C)NCCNC1=O. The van der Waals surface area contributed by atoms with Crippen molar-refractivity contribution < 1.29 is 14.3 Å². The lowest BCUT2D eigenvalue weighted by Gasteiger charge is -2.30. The molecule has 1 atom stereocenters. The predicted molar refractivity (Wildman–Crippen MR) is 41.4 cm³/mol. The third-order valence-electron chi connectivity index (χ3n) is 1.94. The molecule has 0 saturated carbocycles. The summed E-state index contributed by atoms with van der Waals surface area (Å²) in [6, 6.07) is 0. The van der Waals surface area contributed by atoms with Gasteiger partial charge in [0, 0.05) is 13.1 Å². The highest BCUT2D eigenvalue weighted by atomic mass is 16.5. The summed E-state index contributed by atoms with van der Waals surface area (Å²) in [4.78, 5) is 22.4. The van der Waals surface area contributed by atoms with Gasteiger partial charge in [0.15, 0.2) is 5.54 Å². The molecular formula is C7H12N2O3. The molecule has 1 heterocycles. The van der Waals surface area contributed by atoms with E-state index < -0.39 is 11.5 Å². The second kappa shape index (κ2) is 3.10. The molecule has 2 N–H and O–H groups in total. The minimum atomic E-state index is -1.22. The Balaban J connectivity index is 2.79. The average molecular weight is 172 g/mol. The molecular weight excluding hydrogens is 160 g/mol. The van der Waals surface area contributed by atoms with E-state index in [1.807, 2.05) is 0 Å². The summed E-state index contributed by atoms with van der Waals surface area (Å²) in [6.07, 6.45) is 0. The number of hydrogen-bond acceptors (Lipinski definition) is 4. The number of methoxy groups -OCH3 is 1. The molecule has 0 bridgehead atoms. The molecule has 5 nitrogen and oxygen atoms in total. The number of amides is 1. The first-order valence-corrected chi connectivity index (χ1v) is 3.73. The Hall–Kier alpha value is -1.10. The molecule has 1 aliphatic heterocycles. The van der Waals surface area contributed by atoms with Gasteiger partial charge >= 0.3 is 5.97 Å². The lowest BCUT2D eigenvalue weighted by molar-refractivity contribution is -0.154. The minimum absolute atomic E-state index is 0.333. The van der Waals surface area contributed by atoms with E-state index in [0.29, 0.717) is 13.1 Å². The van der Waals surface area contributed by atoms with Crippen LogP contribution < -0.4 is 10.6 Å². The summed E-state index contributed by atoms with van der Waals surface area (Å²) in [5.74, 6) is -0.889. The van der Waals surface area contributed by atoms with E-state index in [1.54, 1.807) is 0 Å². The molecule has 0 aromatic rings. The van der Waals surface area contributed by atoms with E-state index >= 15 is 0 Å². The molecule has 1 unspecified atom stereocenters. The van der Waals surface area contributed by atoms with E-state index in [0.717, 1.165) is 0 Å². The standard InChI is InChI=1S/C7H12N2O3/c1-7(6(11)12-2)5(10)8-3-4-9-7/h9H,3-4H2,1-2H3,(H,8,10). The van der Waals surface area contributed by atoms with Crippen LogP contribution in [0.1, 0.15) is 6.92 Å². The quantitative estimate of drug-likeness (QED) is 0.378. The molecule has 5 heteroatoms. The minimum Gasteiger partial charge on any atom is -0.467 e. The highest BCUT2D eigenvalue weighted by Crippen LogP contribution is 2.08. The van der Waals surface area contributed by atoms with Gasteiger partial charge in [0.1, 0.15) is 0 Å². The third kappa shape index (κ3) is 1.27. The van der Waals surface area contributed by atoms with Crippen molar-refractivity contribution in [3.8, 4) is 0 Å². The largest absolute Gasteiger partial charge is 0.467 e. The van der Waals surface area contributed by atoms with Gasteiger partial charge in [0.25, 0.3) is 5.91 Å². The first kappa shape index (κ1) is 8.99. The van der Waals surface area contributed by atoms with E-state index in [9.17, 15) is 9.59 Å². The molecule has 68 valence electrons. The van der Waals surface area contributed by atoms with Crippen LogP contribution in [0.3, 0.4) is 0 Å². The van der Waals surface area contributed by atoms with Crippen molar-refractivity contribution in [3.63, 3.8) is 0 Å². The van der Waals surface area contributed by atoms with Crippen LogP contribution in [-0.2, 0) is 14.3 Å². The number of hydrogen-bond donors (Lipinski definition) is 2. The summed E-state index contributed by atoms with van der Waals surface area (Å²) in [7, 11) is 1.26. The Morgan fingerprint density at radius 3 is 2.75 bits per heavy atom. The highest BCUT2D eigenvalue weighted by molar-refractivity contribution is 6.07. The first-order valence-electron chi connectivity index (χ1n) is 3.73. The van der Waals surface area contributed by atoms with Crippen LogP contribution in [0.4, 0.5) is 0 Å². The van der Waals surface area contributed by atoms with E-state index in [2.05, 4.69) is 15.4 Å². The van der Waals surface area contributed by atoms with Crippen molar-refractivity contribution >= 4 is 11.9 Å². The van der Waals surface area contributed by atoms with Crippen LogP contribution in [0.15, 0.2) is 0 Å². The van der Waals surface area contributed by atoms with Crippen LogP contribution in [0.2, 0.25) is 0 Å². The molecule has 12 heavy (non-hydrogen) atoms. The Kier molecular flexibility index (Phi) is 2.32. The molecule has 0 aliphatic carbocycles. The van der Waals surface area contributed by atoms with Gasteiger partial charge in [-0.1, -0.05) is 0 Å². The summed E-state index contributed by atoms with van der Waals surface area (Å²) in [6.45, 7) is 2.64. The fraction of sp³-hybridized carbons (Fsp3) is 0.714. The smallest absolute Gasteiger partial charge is 0.335 e. The van der Waals surface area contributed by atoms with Gasteiger partial charge in [-0.2, -0.15) is 0 Å². The maximum Gasteiger partial charge on any atom is 0.335 e. The van der Waals surface area contributed by atoms with Gasteiger partial charge < -0.3 is 10.1 Å². The normalized spacial score (nSPS) is 29.3. The molecule has 0 spiro atoms. The number of carbonyl (C=O) groups excluding carboxylic acids is 2. The monoisotopic (exact) mass is 172 g/mol. The Morgan fingerprint density at radius 1 is 1.58 bits per heavy atom. The number of nitrogens with one attached hydrogen (secondary N) is 2. The van der Waals surface area contributed by atoms with Gasteiger partial charge in [0.05, 0.1) is 7.11 Å². The Bertz CT molecular complexity index is 207. The van der Waals surface area contributed by atoms with Gasteiger partial charge in [-0.15, -0.1) is 0 Å². The Morgan fingerprint density at radius 2 is 2.25 bits per heavy atom. The van der Waals surface area contributed by atoms with Gasteiger partial charge in [-0.3, -0.25) is 10.1 Å². The fourth-order valence-corrected chi connectivity index (χ4v) is 1.11. The van der Waals surface area contributed by atoms with Crippen LogP contribution in [-0.4, -0.2) is 37.6 Å².